The van der Waals surface area contributed by atoms with Crippen molar-refractivity contribution in [2.24, 2.45) is 0 Å². The zero-order valence-electron chi connectivity index (χ0n) is 12.7. The summed E-state index contributed by atoms with van der Waals surface area (Å²) in [4.78, 5) is 2.14. The molecular formula is C16H28N2O. The van der Waals surface area contributed by atoms with Gasteiger partial charge in [-0.3, -0.25) is 0 Å². The van der Waals surface area contributed by atoms with Crippen LogP contribution < -0.4 is 10.2 Å². The van der Waals surface area contributed by atoms with Gasteiger partial charge in [0, 0.05) is 25.3 Å². The smallest absolute Gasteiger partial charge is 0.0686 e. The van der Waals surface area contributed by atoms with E-state index in [1.165, 1.54) is 11.3 Å². The van der Waals surface area contributed by atoms with Crippen molar-refractivity contribution in [1.29, 1.82) is 0 Å². The Labute approximate surface area is 117 Å². The molecule has 0 aliphatic heterocycles. The Morgan fingerprint density at radius 2 is 1.95 bits per heavy atom. The second-order valence-corrected chi connectivity index (χ2v) is 5.20. The molecule has 0 radical (unpaired) electrons. The molecule has 0 aromatic heterocycles. The number of anilines is 1. The van der Waals surface area contributed by atoms with E-state index in [-0.39, 0.29) is 6.10 Å². The van der Waals surface area contributed by atoms with E-state index >= 15 is 0 Å². The first kappa shape index (κ1) is 16.0. The van der Waals surface area contributed by atoms with E-state index in [9.17, 15) is 5.11 Å². The van der Waals surface area contributed by atoms with Crippen LogP contribution in [-0.4, -0.2) is 31.3 Å². The zero-order chi connectivity index (χ0) is 14.3. The third-order valence-corrected chi connectivity index (χ3v) is 3.31. The summed E-state index contributed by atoms with van der Waals surface area (Å²) >= 11 is 0. The number of benzene rings is 1. The first-order valence-electron chi connectivity index (χ1n) is 7.31. The molecule has 0 aliphatic rings. The molecule has 1 rings (SSSR count). The van der Waals surface area contributed by atoms with Crippen LogP contribution >= 0.6 is 0 Å². The van der Waals surface area contributed by atoms with Crippen LogP contribution in [0.3, 0.4) is 0 Å². The topological polar surface area (TPSA) is 35.5 Å². The SMILES string of the molecule is CCCNC(CC)c1ccccc1N(C)CC(C)O. The highest BCUT2D eigenvalue weighted by molar-refractivity contribution is 5.54. The van der Waals surface area contributed by atoms with Crippen molar-refractivity contribution in [3.8, 4) is 0 Å². The number of aliphatic hydroxyl groups excluding tert-OH is 1. The molecule has 2 atom stereocenters. The number of nitrogens with zero attached hydrogens (tertiary/aromatic N) is 1. The third-order valence-electron chi connectivity index (χ3n) is 3.31. The van der Waals surface area contributed by atoms with E-state index in [2.05, 4.69) is 48.3 Å². The van der Waals surface area contributed by atoms with Crippen molar-refractivity contribution < 1.29 is 5.11 Å². The van der Waals surface area contributed by atoms with E-state index in [4.69, 9.17) is 0 Å². The Bertz CT molecular complexity index is 366. The van der Waals surface area contributed by atoms with Crippen LogP contribution in [0.25, 0.3) is 0 Å². The van der Waals surface area contributed by atoms with Gasteiger partial charge in [-0.1, -0.05) is 32.0 Å². The van der Waals surface area contributed by atoms with Gasteiger partial charge in [-0.15, -0.1) is 0 Å². The van der Waals surface area contributed by atoms with E-state index < -0.39 is 0 Å². The molecule has 1 aromatic carbocycles. The van der Waals surface area contributed by atoms with E-state index in [0.717, 1.165) is 19.4 Å². The molecule has 1 aromatic rings. The van der Waals surface area contributed by atoms with Gasteiger partial charge in [0.2, 0.25) is 0 Å². The predicted octanol–water partition coefficient (Wildman–Crippen LogP) is 2.95. The van der Waals surface area contributed by atoms with Gasteiger partial charge in [0.25, 0.3) is 0 Å². The molecule has 2 N–H and O–H groups in total. The molecular weight excluding hydrogens is 236 g/mol. The van der Waals surface area contributed by atoms with Crippen LogP contribution in [0.1, 0.15) is 45.2 Å². The lowest BCUT2D eigenvalue weighted by Gasteiger charge is -2.27. The molecule has 0 amide bonds. The highest BCUT2D eigenvalue weighted by atomic mass is 16.3. The first-order valence-corrected chi connectivity index (χ1v) is 7.31. The van der Waals surface area contributed by atoms with E-state index in [1.807, 2.05) is 14.0 Å². The highest BCUT2D eigenvalue weighted by Crippen LogP contribution is 2.27. The molecule has 19 heavy (non-hydrogen) atoms. The number of para-hydroxylation sites is 1. The Balaban J connectivity index is 2.92. The summed E-state index contributed by atoms with van der Waals surface area (Å²) < 4.78 is 0. The minimum Gasteiger partial charge on any atom is -0.392 e. The van der Waals surface area contributed by atoms with Crippen molar-refractivity contribution >= 4 is 5.69 Å². The fraction of sp³-hybridized carbons (Fsp3) is 0.625. The average Bonchev–Trinajstić information content (AvgIpc) is 2.39. The van der Waals surface area contributed by atoms with Gasteiger partial charge in [0.05, 0.1) is 6.10 Å². The average molecular weight is 264 g/mol. The molecule has 3 heteroatoms. The molecule has 0 heterocycles. The number of aliphatic hydroxyl groups is 1. The summed E-state index contributed by atoms with van der Waals surface area (Å²) in [5.74, 6) is 0. The van der Waals surface area contributed by atoms with Crippen molar-refractivity contribution in [3.05, 3.63) is 29.8 Å². The number of nitrogens with one attached hydrogen (secondary N) is 1. The Morgan fingerprint density at radius 1 is 1.26 bits per heavy atom. The summed E-state index contributed by atoms with van der Waals surface area (Å²) in [5.41, 5.74) is 2.53. The standard InChI is InChI=1S/C16H28N2O/c1-5-11-17-15(6-2)14-9-7-8-10-16(14)18(4)12-13(3)19/h7-10,13,15,17,19H,5-6,11-12H2,1-4H3. The summed E-state index contributed by atoms with van der Waals surface area (Å²) in [6.07, 6.45) is 1.89. The lowest BCUT2D eigenvalue weighted by Crippen LogP contribution is -2.30. The molecule has 3 nitrogen and oxygen atoms in total. The van der Waals surface area contributed by atoms with Gasteiger partial charge in [0.1, 0.15) is 0 Å². The van der Waals surface area contributed by atoms with Crippen LogP contribution in [0.15, 0.2) is 24.3 Å². The number of rotatable bonds is 8. The highest BCUT2D eigenvalue weighted by Gasteiger charge is 2.15. The summed E-state index contributed by atoms with van der Waals surface area (Å²) in [6.45, 7) is 7.91. The van der Waals surface area contributed by atoms with Gasteiger partial charge in [-0.05, 0) is 37.9 Å². The Morgan fingerprint density at radius 3 is 2.53 bits per heavy atom. The maximum atomic E-state index is 9.55. The minimum atomic E-state index is -0.318. The number of hydrogen-bond acceptors (Lipinski definition) is 3. The molecule has 2 unspecified atom stereocenters. The minimum absolute atomic E-state index is 0.318. The van der Waals surface area contributed by atoms with Crippen LogP contribution in [0.2, 0.25) is 0 Å². The summed E-state index contributed by atoms with van der Waals surface area (Å²) in [6, 6.07) is 8.85. The fourth-order valence-electron chi connectivity index (χ4n) is 2.42. The fourth-order valence-corrected chi connectivity index (χ4v) is 2.42. The van der Waals surface area contributed by atoms with Gasteiger partial charge in [-0.2, -0.15) is 0 Å². The van der Waals surface area contributed by atoms with Crippen LogP contribution in [0.4, 0.5) is 5.69 Å². The van der Waals surface area contributed by atoms with Crippen LogP contribution in [0, 0.1) is 0 Å². The molecule has 108 valence electrons. The quantitative estimate of drug-likeness (QED) is 0.758. The van der Waals surface area contributed by atoms with Crippen LogP contribution in [0.5, 0.6) is 0 Å². The number of likely N-dealkylation sites (N-methyl/N-ethyl adjacent to an activating group) is 1. The third kappa shape index (κ3) is 4.84. The maximum absolute atomic E-state index is 9.55. The van der Waals surface area contributed by atoms with Gasteiger partial charge in [0.15, 0.2) is 0 Å². The largest absolute Gasteiger partial charge is 0.392 e. The lowest BCUT2D eigenvalue weighted by atomic mass is 10.0. The van der Waals surface area contributed by atoms with E-state index in [1.54, 1.807) is 0 Å². The molecule has 0 bridgehead atoms. The normalized spacial score (nSPS) is 14.2. The molecule has 0 fully saturated rings. The lowest BCUT2D eigenvalue weighted by molar-refractivity contribution is 0.201. The maximum Gasteiger partial charge on any atom is 0.0686 e. The summed E-state index contributed by atoms with van der Waals surface area (Å²) in [5, 5.41) is 13.1. The molecule has 0 spiro atoms. The Kier molecular flexibility index (Phi) is 6.89. The second-order valence-electron chi connectivity index (χ2n) is 5.20. The zero-order valence-corrected chi connectivity index (χ0v) is 12.7. The second kappa shape index (κ2) is 8.18. The summed E-state index contributed by atoms with van der Waals surface area (Å²) in [7, 11) is 2.04. The first-order chi connectivity index (χ1) is 9.10. The monoisotopic (exact) mass is 264 g/mol. The van der Waals surface area contributed by atoms with Crippen molar-refractivity contribution in [1.82, 2.24) is 5.32 Å². The van der Waals surface area contributed by atoms with Crippen molar-refractivity contribution in [3.63, 3.8) is 0 Å². The van der Waals surface area contributed by atoms with Gasteiger partial charge < -0.3 is 15.3 Å². The van der Waals surface area contributed by atoms with E-state index in [0.29, 0.717) is 12.6 Å². The van der Waals surface area contributed by atoms with Crippen molar-refractivity contribution in [2.45, 2.75) is 45.8 Å². The Hall–Kier alpha value is -1.06. The van der Waals surface area contributed by atoms with Crippen molar-refractivity contribution in [2.75, 3.05) is 25.0 Å². The van der Waals surface area contributed by atoms with Gasteiger partial charge >= 0.3 is 0 Å². The molecule has 0 saturated heterocycles. The molecule has 0 aliphatic carbocycles. The van der Waals surface area contributed by atoms with Crippen LogP contribution in [-0.2, 0) is 0 Å². The van der Waals surface area contributed by atoms with Gasteiger partial charge in [-0.25, -0.2) is 0 Å². The predicted molar refractivity (Wildman–Crippen MR) is 82.7 cm³/mol. The number of hydrogen-bond donors (Lipinski definition) is 2. The molecule has 0 saturated carbocycles.